The number of rotatable bonds is 4. The average molecular weight is 231 g/mol. The zero-order valence-electron chi connectivity index (χ0n) is 11.2. The third-order valence-corrected chi connectivity index (χ3v) is 2.61. The Balaban J connectivity index is 4.75. The van der Waals surface area contributed by atoms with Crippen molar-refractivity contribution < 1.29 is 15.0 Å². The zero-order valence-corrected chi connectivity index (χ0v) is 11.2. The van der Waals surface area contributed by atoms with Crippen LogP contribution in [0, 0.1) is 5.92 Å². The summed E-state index contributed by atoms with van der Waals surface area (Å²) in [6, 6.07) is -0.389. The van der Waals surface area contributed by atoms with E-state index in [0.29, 0.717) is 12.3 Å². The number of amides is 1. The number of aliphatic hydroxyl groups is 1. The zero-order chi connectivity index (χ0) is 13.1. The molecule has 0 fully saturated rings. The first kappa shape index (κ1) is 15.2. The Morgan fingerprint density at radius 2 is 1.69 bits per heavy atom. The van der Waals surface area contributed by atoms with Gasteiger partial charge in [-0.05, 0) is 40.0 Å². The maximum Gasteiger partial charge on any atom is 0.408 e. The Labute approximate surface area is 98.3 Å². The normalized spacial score (nSPS) is 16.0. The Morgan fingerprint density at radius 3 is 1.94 bits per heavy atom. The minimum absolute atomic E-state index is 0.355. The van der Waals surface area contributed by atoms with Gasteiger partial charge in [-0.15, -0.1) is 0 Å². The van der Waals surface area contributed by atoms with E-state index in [1.54, 1.807) is 6.92 Å². The van der Waals surface area contributed by atoms with Gasteiger partial charge in [0, 0.05) is 5.54 Å². The Hall–Kier alpha value is -0.770. The molecular formula is C12H25NO3. The molecule has 4 heteroatoms. The lowest BCUT2D eigenvalue weighted by Crippen LogP contribution is -2.54. The van der Waals surface area contributed by atoms with Gasteiger partial charge in [-0.1, -0.05) is 13.8 Å². The summed E-state index contributed by atoms with van der Waals surface area (Å²) in [5, 5.41) is 19.1. The highest BCUT2D eigenvalue weighted by atomic mass is 16.4. The summed E-state index contributed by atoms with van der Waals surface area (Å²) in [6.45, 7) is 11.3. The van der Waals surface area contributed by atoms with Crippen molar-refractivity contribution in [2.75, 3.05) is 0 Å². The molecule has 0 aliphatic carbocycles. The van der Waals surface area contributed by atoms with Crippen LogP contribution in [0.4, 0.5) is 4.79 Å². The standard InChI is InChI=1S/C12H25NO3/c1-8(2)7-10(14)9(3)13(11(15)16)12(4,5)6/h8-10,14H,7H2,1-6H3,(H,15,16)/t9-,10?/m0/s1. The molecule has 2 atom stereocenters. The van der Waals surface area contributed by atoms with Crippen LogP contribution in [-0.2, 0) is 0 Å². The van der Waals surface area contributed by atoms with Gasteiger partial charge >= 0.3 is 6.09 Å². The molecule has 96 valence electrons. The van der Waals surface area contributed by atoms with Crippen molar-refractivity contribution in [2.45, 2.75) is 65.6 Å². The molecular weight excluding hydrogens is 206 g/mol. The van der Waals surface area contributed by atoms with Crippen molar-refractivity contribution in [3.05, 3.63) is 0 Å². The van der Waals surface area contributed by atoms with Gasteiger partial charge in [0.1, 0.15) is 0 Å². The van der Waals surface area contributed by atoms with Gasteiger partial charge in [0.15, 0.2) is 0 Å². The second-order valence-corrected chi connectivity index (χ2v) is 5.76. The summed E-state index contributed by atoms with van der Waals surface area (Å²) >= 11 is 0. The van der Waals surface area contributed by atoms with Crippen LogP contribution < -0.4 is 0 Å². The van der Waals surface area contributed by atoms with Crippen LogP contribution >= 0.6 is 0 Å². The second-order valence-electron chi connectivity index (χ2n) is 5.76. The molecule has 2 N–H and O–H groups in total. The third kappa shape index (κ3) is 4.39. The van der Waals surface area contributed by atoms with Gasteiger partial charge in [0.05, 0.1) is 12.1 Å². The van der Waals surface area contributed by atoms with E-state index in [0.717, 1.165) is 0 Å². The maximum absolute atomic E-state index is 11.2. The van der Waals surface area contributed by atoms with E-state index in [2.05, 4.69) is 0 Å². The fourth-order valence-corrected chi connectivity index (χ4v) is 1.92. The van der Waals surface area contributed by atoms with Crippen LogP contribution in [-0.4, -0.2) is 38.9 Å². The smallest absolute Gasteiger partial charge is 0.408 e. The first-order valence-electron chi connectivity index (χ1n) is 5.77. The van der Waals surface area contributed by atoms with Gasteiger partial charge in [-0.2, -0.15) is 0 Å². The first-order chi connectivity index (χ1) is 7.07. The fraction of sp³-hybridized carbons (Fsp3) is 0.917. The average Bonchev–Trinajstić information content (AvgIpc) is 1.98. The highest BCUT2D eigenvalue weighted by Gasteiger charge is 2.34. The van der Waals surface area contributed by atoms with Crippen LogP contribution in [0.25, 0.3) is 0 Å². The Bertz CT molecular complexity index is 233. The number of carbonyl (C=O) groups is 1. The van der Waals surface area contributed by atoms with Crippen molar-refractivity contribution >= 4 is 6.09 Å². The molecule has 0 spiro atoms. The SMILES string of the molecule is CC(C)CC(O)[C@H](C)N(C(=O)O)C(C)(C)C. The topological polar surface area (TPSA) is 60.8 Å². The third-order valence-electron chi connectivity index (χ3n) is 2.61. The van der Waals surface area contributed by atoms with E-state index in [9.17, 15) is 15.0 Å². The van der Waals surface area contributed by atoms with Crippen molar-refractivity contribution in [3.63, 3.8) is 0 Å². The number of carboxylic acid groups (broad SMARTS) is 1. The minimum Gasteiger partial charge on any atom is -0.465 e. The molecule has 0 aromatic carbocycles. The molecule has 0 aromatic heterocycles. The molecule has 1 amide bonds. The van der Waals surface area contributed by atoms with Crippen LogP contribution in [0.3, 0.4) is 0 Å². The summed E-state index contributed by atoms with van der Waals surface area (Å²) in [4.78, 5) is 12.5. The van der Waals surface area contributed by atoms with Gasteiger partial charge in [-0.25, -0.2) is 4.79 Å². The van der Waals surface area contributed by atoms with Gasteiger partial charge < -0.3 is 10.2 Å². The predicted octanol–water partition coefficient (Wildman–Crippen LogP) is 2.56. The van der Waals surface area contributed by atoms with Crippen molar-refractivity contribution in [1.82, 2.24) is 4.90 Å². The molecule has 0 saturated carbocycles. The molecule has 1 unspecified atom stereocenters. The lowest BCUT2D eigenvalue weighted by atomic mass is 9.96. The van der Waals surface area contributed by atoms with E-state index >= 15 is 0 Å². The van der Waals surface area contributed by atoms with Crippen molar-refractivity contribution in [1.29, 1.82) is 0 Å². The molecule has 0 aliphatic rings. The minimum atomic E-state index is -0.984. The Morgan fingerprint density at radius 1 is 1.25 bits per heavy atom. The largest absolute Gasteiger partial charge is 0.465 e. The van der Waals surface area contributed by atoms with E-state index in [1.807, 2.05) is 34.6 Å². The highest BCUT2D eigenvalue weighted by Crippen LogP contribution is 2.21. The van der Waals surface area contributed by atoms with Crippen molar-refractivity contribution in [3.8, 4) is 0 Å². The number of aliphatic hydroxyl groups excluding tert-OH is 1. The molecule has 0 bridgehead atoms. The van der Waals surface area contributed by atoms with E-state index < -0.39 is 17.7 Å². The monoisotopic (exact) mass is 231 g/mol. The lowest BCUT2D eigenvalue weighted by molar-refractivity contribution is 0.00706. The van der Waals surface area contributed by atoms with E-state index in [4.69, 9.17) is 0 Å². The van der Waals surface area contributed by atoms with Gasteiger partial charge in [-0.3, -0.25) is 4.90 Å². The quantitative estimate of drug-likeness (QED) is 0.781. The molecule has 0 aromatic rings. The lowest BCUT2D eigenvalue weighted by Gasteiger charge is -2.40. The number of hydrogen-bond acceptors (Lipinski definition) is 2. The summed E-state index contributed by atoms with van der Waals surface area (Å²) in [7, 11) is 0. The molecule has 0 rings (SSSR count). The highest BCUT2D eigenvalue weighted by molar-refractivity contribution is 5.66. The molecule has 16 heavy (non-hydrogen) atoms. The van der Waals surface area contributed by atoms with Crippen molar-refractivity contribution in [2.24, 2.45) is 5.92 Å². The maximum atomic E-state index is 11.2. The molecule has 0 saturated heterocycles. The van der Waals surface area contributed by atoms with Gasteiger partial charge in [0.25, 0.3) is 0 Å². The summed E-state index contributed by atoms with van der Waals surface area (Å²) < 4.78 is 0. The van der Waals surface area contributed by atoms with Crippen LogP contribution in [0.5, 0.6) is 0 Å². The molecule has 4 nitrogen and oxygen atoms in total. The summed E-state index contributed by atoms with van der Waals surface area (Å²) in [6.07, 6.45) is -0.987. The molecule has 0 heterocycles. The summed E-state index contributed by atoms with van der Waals surface area (Å²) in [5.74, 6) is 0.355. The summed E-state index contributed by atoms with van der Waals surface area (Å²) in [5.41, 5.74) is -0.497. The van der Waals surface area contributed by atoms with Crippen LogP contribution in [0.15, 0.2) is 0 Å². The van der Waals surface area contributed by atoms with E-state index in [-0.39, 0.29) is 6.04 Å². The molecule has 0 aliphatic heterocycles. The first-order valence-corrected chi connectivity index (χ1v) is 5.77. The second kappa shape index (κ2) is 5.53. The predicted molar refractivity (Wildman–Crippen MR) is 64.5 cm³/mol. The fourth-order valence-electron chi connectivity index (χ4n) is 1.92. The van der Waals surface area contributed by atoms with Crippen LogP contribution in [0.1, 0.15) is 48.0 Å². The number of hydrogen-bond donors (Lipinski definition) is 2. The number of nitrogens with zero attached hydrogens (tertiary/aromatic N) is 1. The van der Waals surface area contributed by atoms with Gasteiger partial charge in [0.2, 0.25) is 0 Å². The molecule has 0 radical (unpaired) electrons. The van der Waals surface area contributed by atoms with E-state index in [1.165, 1.54) is 4.90 Å². The Kier molecular flexibility index (Phi) is 5.26. The van der Waals surface area contributed by atoms with Crippen LogP contribution in [0.2, 0.25) is 0 Å².